The number of nitrogen functional groups attached to an aromatic ring is 1. The van der Waals surface area contributed by atoms with E-state index in [1.54, 1.807) is 14.0 Å². The summed E-state index contributed by atoms with van der Waals surface area (Å²) in [6, 6.07) is 3.71. The summed E-state index contributed by atoms with van der Waals surface area (Å²) in [7, 11) is 1.57. The van der Waals surface area contributed by atoms with Gasteiger partial charge in [-0.2, -0.15) is 0 Å². The van der Waals surface area contributed by atoms with E-state index >= 15 is 0 Å². The van der Waals surface area contributed by atoms with Crippen LogP contribution in [0.1, 0.15) is 22.8 Å². The first-order valence-electron chi connectivity index (χ1n) is 5.99. The molecule has 0 spiro atoms. The van der Waals surface area contributed by atoms with Crippen LogP contribution >= 0.6 is 0 Å². The quantitative estimate of drug-likeness (QED) is 0.857. The van der Waals surface area contributed by atoms with Gasteiger partial charge in [0.1, 0.15) is 16.8 Å². The largest absolute Gasteiger partial charge is 0.494 e. The minimum absolute atomic E-state index is 0.283. The number of pyridine rings is 1. The number of anilines is 1. The smallest absolute Gasteiger partial charge is 0.341 e. The summed E-state index contributed by atoms with van der Waals surface area (Å²) in [5, 5.41) is 0.727. The van der Waals surface area contributed by atoms with Crippen molar-refractivity contribution in [3.05, 3.63) is 29.5 Å². The second-order valence-corrected chi connectivity index (χ2v) is 4.11. The molecular weight excluding hydrogens is 244 g/mol. The molecule has 0 aliphatic heterocycles. The van der Waals surface area contributed by atoms with Crippen molar-refractivity contribution in [2.24, 2.45) is 0 Å². The first-order chi connectivity index (χ1) is 9.10. The molecule has 5 nitrogen and oxygen atoms in total. The molecule has 0 aliphatic rings. The molecule has 0 saturated heterocycles. The highest BCUT2D eigenvalue weighted by atomic mass is 16.5. The molecule has 2 aromatic rings. The Balaban J connectivity index is 2.71. The molecule has 19 heavy (non-hydrogen) atoms. The first kappa shape index (κ1) is 13.1. The Bertz CT molecular complexity index is 638. The molecule has 1 aromatic heterocycles. The number of hydrogen-bond donors (Lipinski definition) is 1. The fourth-order valence-corrected chi connectivity index (χ4v) is 2.01. The summed E-state index contributed by atoms with van der Waals surface area (Å²) < 4.78 is 10.2. The zero-order chi connectivity index (χ0) is 14.0. The number of carbonyl (C=O) groups is 1. The molecule has 0 unspecified atom stereocenters. The van der Waals surface area contributed by atoms with Gasteiger partial charge in [-0.1, -0.05) is 6.07 Å². The topological polar surface area (TPSA) is 74.4 Å². The number of rotatable bonds is 3. The number of aryl methyl sites for hydroxylation is 1. The van der Waals surface area contributed by atoms with Gasteiger partial charge in [-0.3, -0.25) is 4.98 Å². The molecule has 2 rings (SSSR count). The van der Waals surface area contributed by atoms with Crippen molar-refractivity contribution in [1.82, 2.24) is 4.98 Å². The molecule has 0 atom stereocenters. The lowest BCUT2D eigenvalue weighted by Crippen LogP contribution is -2.09. The van der Waals surface area contributed by atoms with Crippen LogP contribution in [0.15, 0.2) is 18.3 Å². The number of aromatic nitrogens is 1. The highest BCUT2D eigenvalue weighted by molar-refractivity contribution is 6.06. The zero-order valence-electron chi connectivity index (χ0n) is 11.2. The first-order valence-corrected chi connectivity index (χ1v) is 5.99. The van der Waals surface area contributed by atoms with Gasteiger partial charge < -0.3 is 15.2 Å². The summed E-state index contributed by atoms with van der Waals surface area (Å²) >= 11 is 0. The molecule has 0 amide bonds. The molecular formula is C14H16N2O3. The molecule has 5 heteroatoms. The normalized spacial score (nSPS) is 10.5. The van der Waals surface area contributed by atoms with Crippen LogP contribution in [0.25, 0.3) is 10.9 Å². The summed E-state index contributed by atoms with van der Waals surface area (Å²) in [6.45, 7) is 3.96. The number of ether oxygens (including phenoxy) is 2. The van der Waals surface area contributed by atoms with E-state index in [9.17, 15) is 4.79 Å². The number of hydrogen-bond acceptors (Lipinski definition) is 5. The van der Waals surface area contributed by atoms with E-state index in [0.717, 1.165) is 10.9 Å². The van der Waals surface area contributed by atoms with Gasteiger partial charge in [-0.05, 0) is 25.5 Å². The van der Waals surface area contributed by atoms with Crippen LogP contribution in [0.5, 0.6) is 5.75 Å². The third kappa shape index (κ3) is 2.19. The van der Waals surface area contributed by atoms with Crippen LogP contribution < -0.4 is 10.5 Å². The molecule has 0 radical (unpaired) electrons. The van der Waals surface area contributed by atoms with Crippen LogP contribution in [0, 0.1) is 6.92 Å². The lowest BCUT2D eigenvalue weighted by atomic mass is 10.0. The van der Waals surface area contributed by atoms with E-state index in [4.69, 9.17) is 15.2 Å². The van der Waals surface area contributed by atoms with Crippen LogP contribution in [0.2, 0.25) is 0 Å². The summed E-state index contributed by atoms with van der Waals surface area (Å²) in [5.74, 6) is 0.166. The number of nitrogens with zero attached hydrogens (tertiary/aromatic N) is 1. The SMILES string of the molecule is CCOC(=O)c1cnc2c(OC)ccc(C)c2c1N. The van der Waals surface area contributed by atoms with Gasteiger partial charge in [0.25, 0.3) is 0 Å². The maximum atomic E-state index is 11.8. The molecule has 0 saturated carbocycles. The molecule has 0 aliphatic carbocycles. The van der Waals surface area contributed by atoms with Crippen molar-refractivity contribution in [3.63, 3.8) is 0 Å². The predicted molar refractivity (Wildman–Crippen MR) is 73.4 cm³/mol. The van der Waals surface area contributed by atoms with E-state index in [1.165, 1.54) is 6.20 Å². The maximum absolute atomic E-state index is 11.8. The number of esters is 1. The molecule has 0 fully saturated rings. The van der Waals surface area contributed by atoms with Gasteiger partial charge in [0.2, 0.25) is 0 Å². The van der Waals surface area contributed by atoms with Crippen LogP contribution in [0.3, 0.4) is 0 Å². The Hall–Kier alpha value is -2.30. The Morgan fingerprint density at radius 1 is 1.42 bits per heavy atom. The maximum Gasteiger partial charge on any atom is 0.341 e. The Kier molecular flexibility index (Phi) is 3.55. The van der Waals surface area contributed by atoms with Gasteiger partial charge in [0.05, 0.1) is 19.4 Å². The standard InChI is InChI=1S/C14H16N2O3/c1-4-19-14(17)9-7-16-13-10(18-3)6-5-8(2)11(13)12(9)15/h5-7H,4H2,1-3H3,(H2,15,16). The molecule has 2 N–H and O–H groups in total. The van der Waals surface area contributed by atoms with Crippen molar-refractivity contribution in [2.75, 3.05) is 19.5 Å². The lowest BCUT2D eigenvalue weighted by Gasteiger charge is -2.12. The van der Waals surface area contributed by atoms with Crippen molar-refractivity contribution in [1.29, 1.82) is 0 Å². The van der Waals surface area contributed by atoms with Crippen molar-refractivity contribution >= 4 is 22.6 Å². The lowest BCUT2D eigenvalue weighted by molar-refractivity contribution is 0.0527. The summed E-state index contributed by atoms with van der Waals surface area (Å²) in [4.78, 5) is 16.1. The van der Waals surface area contributed by atoms with Crippen LogP contribution in [-0.4, -0.2) is 24.7 Å². The second-order valence-electron chi connectivity index (χ2n) is 4.11. The minimum atomic E-state index is -0.461. The van der Waals surface area contributed by atoms with E-state index in [-0.39, 0.29) is 5.56 Å². The number of carbonyl (C=O) groups excluding carboxylic acids is 1. The van der Waals surface area contributed by atoms with E-state index in [2.05, 4.69) is 4.98 Å². The Labute approximate surface area is 111 Å². The number of methoxy groups -OCH3 is 1. The number of benzene rings is 1. The van der Waals surface area contributed by atoms with Crippen molar-refractivity contribution < 1.29 is 14.3 Å². The molecule has 1 aromatic carbocycles. The fourth-order valence-electron chi connectivity index (χ4n) is 2.01. The van der Waals surface area contributed by atoms with E-state index in [0.29, 0.717) is 23.6 Å². The second kappa shape index (κ2) is 5.14. The van der Waals surface area contributed by atoms with Crippen molar-refractivity contribution in [2.45, 2.75) is 13.8 Å². The molecule has 1 heterocycles. The third-order valence-electron chi connectivity index (χ3n) is 2.95. The predicted octanol–water partition coefficient (Wildman–Crippen LogP) is 2.31. The zero-order valence-corrected chi connectivity index (χ0v) is 11.2. The van der Waals surface area contributed by atoms with Crippen LogP contribution in [-0.2, 0) is 4.74 Å². The number of fused-ring (bicyclic) bond motifs is 1. The Morgan fingerprint density at radius 3 is 2.79 bits per heavy atom. The van der Waals surface area contributed by atoms with Gasteiger partial charge in [0, 0.05) is 11.6 Å². The summed E-state index contributed by atoms with van der Waals surface area (Å²) in [6.07, 6.45) is 1.43. The number of nitrogens with two attached hydrogens (primary N) is 1. The van der Waals surface area contributed by atoms with Gasteiger partial charge in [-0.15, -0.1) is 0 Å². The monoisotopic (exact) mass is 260 g/mol. The molecule has 0 bridgehead atoms. The van der Waals surface area contributed by atoms with Crippen LogP contribution in [0.4, 0.5) is 5.69 Å². The van der Waals surface area contributed by atoms with Crippen molar-refractivity contribution in [3.8, 4) is 5.75 Å². The highest BCUT2D eigenvalue weighted by Gasteiger charge is 2.17. The average Bonchev–Trinajstić information content (AvgIpc) is 2.39. The van der Waals surface area contributed by atoms with E-state index in [1.807, 2.05) is 19.1 Å². The van der Waals surface area contributed by atoms with E-state index < -0.39 is 5.97 Å². The fraction of sp³-hybridized carbons (Fsp3) is 0.286. The summed E-state index contributed by atoms with van der Waals surface area (Å²) in [5.41, 5.74) is 8.32. The van der Waals surface area contributed by atoms with Gasteiger partial charge in [-0.25, -0.2) is 4.79 Å². The molecule has 100 valence electrons. The van der Waals surface area contributed by atoms with Gasteiger partial charge >= 0.3 is 5.97 Å². The van der Waals surface area contributed by atoms with Gasteiger partial charge in [0.15, 0.2) is 0 Å². The minimum Gasteiger partial charge on any atom is -0.494 e. The highest BCUT2D eigenvalue weighted by Crippen LogP contribution is 2.32. The third-order valence-corrected chi connectivity index (χ3v) is 2.95. The Morgan fingerprint density at radius 2 is 2.16 bits per heavy atom. The average molecular weight is 260 g/mol.